The standard InChI is InChI=1S/C10H19N3O2/c1-8(9-11-4-5-13(9)3)12-6-10(2,15)7-14/h4-5,8,12,14-15H,6-7H2,1-3H3. The zero-order chi connectivity index (χ0) is 11.5. The van der Waals surface area contributed by atoms with Crippen molar-refractivity contribution >= 4 is 0 Å². The third-order valence-corrected chi connectivity index (χ3v) is 2.38. The highest BCUT2D eigenvalue weighted by molar-refractivity contribution is 4.97. The van der Waals surface area contributed by atoms with Crippen LogP contribution in [0.15, 0.2) is 12.4 Å². The molecule has 0 saturated heterocycles. The molecule has 1 rings (SSSR count). The molecule has 2 unspecified atom stereocenters. The summed E-state index contributed by atoms with van der Waals surface area (Å²) in [5.41, 5.74) is -1.08. The number of aliphatic hydroxyl groups is 2. The van der Waals surface area contributed by atoms with Crippen molar-refractivity contribution in [3.05, 3.63) is 18.2 Å². The van der Waals surface area contributed by atoms with Gasteiger partial charge in [0, 0.05) is 26.0 Å². The Kier molecular flexibility index (Phi) is 3.84. The van der Waals surface area contributed by atoms with Gasteiger partial charge >= 0.3 is 0 Å². The molecule has 86 valence electrons. The number of imidazole rings is 1. The first kappa shape index (κ1) is 12.2. The van der Waals surface area contributed by atoms with Crippen molar-refractivity contribution in [3.8, 4) is 0 Å². The van der Waals surface area contributed by atoms with Crippen LogP contribution < -0.4 is 5.32 Å². The maximum absolute atomic E-state index is 9.60. The van der Waals surface area contributed by atoms with E-state index in [0.29, 0.717) is 6.54 Å². The fourth-order valence-corrected chi connectivity index (χ4v) is 1.31. The Morgan fingerprint density at radius 2 is 2.33 bits per heavy atom. The molecule has 3 N–H and O–H groups in total. The summed E-state index contributed by atoms with van der Waals surface area (Å²) in [5.74, 6) is 0.906. The number of nitrogens with one attached hydrogen (secondary N) is 1. The second-order valence-corrected chi connectivity index (χ2v) is 4.15. The minimum Gasteiger partial charge on any atom is -0.393 e. The molecule has 15 heavy (non-hydrogen) atoms. The molecule has 2 atom stereocenters. The molecule has 0 aliphatic carbocycles. The van der Waals surface area contributed by atoms with Crippen LogP contribution in [0.2, 0.25) is 0 Å². The SMILES string of the molecule is CC(NCC(C)(O)CO)c1nccn1C. The average molecular weight is 213 g/mol. The highest BCUT2D eigenvalue weighted by atomic mass is 16.3. The fraction of sp³-hybridized carbons (Fsp3) is 0.700. The lowest BCUT2D eigenvalue weighted by atomic mass is 10.1. The zero-order valence-electron chi connectivity index (χ0n) is 9.44. The highest BCUT2D eigenvalue weighted by Gasteiger charge is 2.20. The zero-order valence-corrected chi connectivity index (χ0v) is 9.44. The van der Waals surface area contributed by atoms with Crippen LogP contribution in [0.3, 0.4) is 0 Å². The van der Waals surface area contributed by atoms with Gasteiger partial charge in [-0.15, -0.1) is 0 Å². The second kappa shape index (κ2) is 4.74. The third kappa shape index (κ3) is 3.30. The smallest absolute Gasteiger partial charge is 0.125 e. The molecule has 0 aromatic carbocycles. The molecule has 0 bridgehead atoms. The number of aryl methyl sites for hydroxylation is 1. The lowest BCUT2D eigenvalue weighted by molar-refractivity contribution is 0.000841. The number of aliphatic hydroxyl groups excluding tert-OH is 1. The summed E-state index contributed by atoms with van der Waals surface area (Å²) in [5, 5.41) is 21.6. The summed E-state index contributed by atoms with van der Waals surface area (Å²) in [6.45, 7) is 3.63. The Hall–Kier alpha value is -0.910. The van der Waals surface area contributed by atoms with Crippen LogP contribution in [0.5, 0.6) is 0 Å². The molecule has 5 heteroatoms. The van der Waals surface area contributed by atoms with Gasteiger partial charge in [-0.05, 0) is 13.8 Å². The second-order valence-electron chi connectivity index (χ2n) is 4.15. The van der Waals surface area contributed by atoms with Crippen molar-refractivity contribution in [2.75, 3.05) is 13.2 Å². The molecule has 0 saturated carbocycles. The Morgan fingerprint density at radius 3 is 2.80 bits per heavy atom. The van der Waals surface area contributed by atoms with E-state index in [2.05, 4.69) is 10.3 Å². The molecule has 0 spiro atoms. The van der Waals surface area contributed by atoms with Gasteiger partial charge in [0.25, 0.3) is 0 Å². The molecule has 1 heterocycles. The van der Waals surface area contributed by atoms with E-state index >= 15 is 0 Å². The van der Waals surface area contributed by atoms with Crippen molar-refractivity contribution in [2.24, 2.45) is 7.05 Å². The lowest BCUT2D eigenvalue weighted by Crippen LogP contribution is -2.42. The highest BCUT2D eigenvalue weighted by Crippen LogP contribution is 2.09. The lowest BCUT2D eigenvalue weighted by Gasteiger charge is -2.23. The minimum atomic E-state index is -1.08. The van der Waals surface area contributed by atoms with Crippen LogP contribution in [-0.4, -0.2) is 38.5 Å². The minimum absolute atomic E-state index is 0.0445. The monoisotopic (exact) mass is 213 g/mol. The number of nitrogens with zero attached hydrogens (tertiary/aromatic N) is 2. The summed E-state index contributed by atoms with van der Waals surface area (Å²) >= 11 is 0. The van der Waals surface area contributed by atoms with Crippen molar-refractivity contribution in [2.45, 2.75) is 25.5 Å². The molecular formula is C10H19N3O2. The van der Waals surface area contributed by atoms with Crippen LogP contribution in [0.1, 0.15) is 25.7 Å². The van der Waals surface area contributed by atoms with Crippen LogP contribution in [-0.2, 0) is 7.05 Å². The first-order chi connectivity index (χ1) is 6.96. The molecular weight excluding hydrogens is 194 g/mol. The molecule has 1 aromatic rings. The predicted molar refractivity (Wildman–Crippen MR) is 57.3 cm³/mol. The van der Waals surface area contributed by atoms with Crippen LogP contribution >= 0.6 is 0 Å². The van der Waals surface area contributed by atoms with E-state index in [1.165, 1.54) is 0 Å². The number of aromatic nitrogens is 2. The predicted octanol–water partition coefficient (Wildman–Crippen LogP) is -0.186. The Balaban J connectivity index is 2.50. The molecule has 0 aliphatic rings. The normalized spacial score (nSPS) is 17.4. The van der Waals surface area contributed by atoms with E-state index in [9.17, 15) is 5.11 Å². The number of rotatable bonds is 5. The van der Waals surface area contributed by atoms with Crippen LogP contribution in [0, 0.1) is 0 Å². The molecule has 1 aromatic heterocycles. The van der Waals surface area contributed by atoms with Crippen LogP contribution in [0.4, 0.5) is 0 Å². The van der Waals surface area contributed by atoms with Gasteiger partial charge in [0.2, 0.25) is 0 Å². The van der Waals surface area contributed by atoms with E-state index in [0.717, 1.165) is 5.82 Å². The summed E-state index contributed by atoms with van der Waals surface area (Å²) < 4.78 is 1.92. The topological polar surface area (TPSA) is 70.3 Å². The van der Waals surface area contributed by atoms with Crippen molar-refractivity contribution in [1.29, 1.82) is 0 Å². The van der Waals surface area contributed by atoms with Gasteiger partial charge in [0.15, 0.2) is 0 Å². The van der Waals surface area contributed by atoms with Gasteiger partial charge < -0.3 is 20.1 Å². The molecule has 0 amide bonds. The maximum Gasteiger partial charge on any atom is 0.125 e. The molecule has 5 nitrogen and oxygen atoms in total. The third-order valence-electron chi connectivity index (χ3n) is 2.38. The van der Waals surface area contributed by atoms with Gasteiger partial charge in [0.1, 0.15) is 5.82 Å². The fourth-order valence-electron chi connectivity index (χ4n) is 1.31. The van der Waals surface area contributed by atoms with E-state index in [-0.39, 0.29) is 12.6 Å². The van der Waals surface area contributed by atoms with Crippen molar-refractivity contribution in [3.63, 3.8) is 0 Å². The first-order valence-corrected chi connectivity index (χ1v) is 5.00. The Labute approximate surface area is 89.8 Å². The number of hydrogen-bond acceptors (Lipinski definition) is 4. The van der Waals surface area contributed by atoms with Gasteiger partial charge in [0.05, 0.1) is 18.2 Å². The average Bonchev–Trinajstić information content (AvgIpc) is 2.61. The van der Waals surface area contributed by atoms with Crippen molar-refractivity contribution < 1.29 is 10.2 Å². The van der Waals surface area contributed by atoms with E-state index < -0.39 is 5.60 Å². The first-order valence-electron chi connectivity index (χ1n) is 5.00. The molecule has 0 aliphatic heterocycles. The number of hydrogen-bond donors (Lipinski definition) is 3. The summed E-state index contributed by atoms with van der Waals surface area (Å²) in [7, 11) is 1.92. The maximum atomic E-state index is 9.60. The largest absolute Gasteiger partial charge is 0.393 e. The van der Waals surface area contributed by atoms with Crippen LogP contribution in [0.25, 0.3) is 0 Å². The summed E-state index contributed by atoms with van der Waals surface area (Å²) in [6.07, 6.45) is 3.61. The molecule has 0 radical (unpaired) electrons. The van der Waals surface area contributed by atoms with E-state index in [4.69, 9.17) is 5.11 Å². The Bertz CT molecular complexity index is 309. The van der Waals surface area contributed by atoms with Gasteiger partial charge in [-0.2, -0.15) is 0 Å². The van der Waals surface area contributed by atoms with Gasteiger partial charge in [-0.3, -0.25) is 0 Å². The van der Waals surface area contributed by atoms with Crippen molar-refractivity contribution in [1.82, 2.24) is 14.9 Å². The molecule has 0 fully saturated rings. The van der Waals surface area contributed by atoms with E-state index in [1.54, 1.807) is 13.1 Å². The van der Waals surface area contributed by atoms with Gasteiger partial charge in [-0.1, -0.05) is 0 Å². The quantitative estimate of drug-likeness (QED) is 0.634. The van der Waals surface area contributed by atoms with Gasteiger partial charge in [-0.25, -0.2) is 4.98 Å². The Morgan fingerprint density at radius 1 is 1.67 bits per heavy atom. The van der Waals surface area contributed by atoms with E-state index in [1.807, 2.05) is 24.7 Å². The summed E-state index contributed by atoms with van der Waals surface area (Å²) in [4.78, 5) is 4.20. The summed E-state index contributed by atoms with van der Waals surface area (Å²) in [6, 6.07) is 0.0445.